The van der Waals surface area contributed by atoms with Crippen molar-refractivity contribution >= 4 is 40.9 Å². The number of anilines is 4. The van der Waals surface area contributed by atoms with Crippen molar-refractivity contribution in [2.24, 2.45) is 10.7 Å². The number of pyridine rings is 1. The molecular formula is C29H35N7O2. The first-order valence-electron chi connectivity index (χ1n) is 12.9. The van der Waals surface area contributed by atoms with Gasteiger partial charge in [0.05, 0.1) is 11.3 Å². The van der Waals surface area contributed by atoms with Crippen LogP contribution in [0.25, 0.3) is 0 Å². The van der Waals surface area contributed by atoms with Gasteiger partial charge in [-0.1, -0.05) is 31.2 Å². The monoisotopic (exact) mass is 513 g/mol. The lowest BCUT2D eigenvalue weighted by molar-refractivity contribution is -0.131. The van der Waals surface area contributed by atoms with Crippen molar-refractivity contribution < 1.29 is 9.59 Å². The Morgan fingerprint density at radius 2 is 1.89 bits per heavy atom. The fraction of sp³-hybridized carbons (Fsp3) is 0.310. The number of aliphatic imine (C=N–C) groups is 1. The van der Waals surface area contributed by atoms with Gasteiger partial charge in [-0.3, -0.25) is 14.6 Å². The second kappa shape index (κ2) is 12.2. The molecule has 1 saturated heterocycles. The molecule has 0 spiro atoms. The van der Waals surface area contributed by atoms with Crippen LogP contribution in [0.4, 0.5) is 22.9 Å². The molecule has 38 heavy (non-hydrogen) atoms. The Hall–Kier alpha value is -4.40. The first-order valence-corrected chi connectivity index (χ1v) is 12.9. The van der Waals surface area contributed by atoms with Gasteiger partial charge in [0, 0.05) is 68.5 Å². The fourth-order valence-electron chi connectivity index (χ4n) is 4.80. The molecule has 0 unspecified atom stereocenters. The molecule has 1 aromatic heterocycles. The highest BCUT2D eigenvalue weighted by molar-refractivity contribution is 5.98. The Kier molecular flexibility index (Phi) is 8.58. The molecule has 1 aliphatic heterocycles. The van der Waals surface area contributed by atoms with Gasteiger partial charge < -0.3 is 27.0 Å². The van der Waals surface area contributed by atoms with Gasteiger partial charge in [-0.25, -0.2) is 4.98 Å². The average molecular weight is 514 g/mol. The maximum atomic E-state index is 12.0. The van der Waals surface area contributed by atoms with E-state index in [4.69, 9.17) is 11.5 Å². The van der Waals surface area contributed by atoms with Gasteiger partial charge in [0.15, 0.2) is 0 Å². The van der Waals surface area contributed by atoms with Crippen LogP contribution in [0.2, 0.25) is 0 Å². The van der Waals surface area contributed by atoms with Crippen LogP contribution in [-0.2, 0) is 11.3 Å². The Morgan fingerprint density at radius 1 is 1.16 bits per heavy atom. The predicted molar refractivity (Wildman–Crippen MR) is 153 cm³/mol. The number of aromatic nitrogens is 1. The number of carbonyl (C=O) groups excluding carboxylic acids is 2. The molecule has 6 N–H and O–H groups in total. The molecule has 0 saturated carbocycles. The molecule has 3 aromatic rings. The number of nitrogens with two attached hydrogens (primary N) is 2. The summed E-state index contributed by atoms with van der Waals surface area (Å²) in [4.78, 5) is 34.4. The number of rotatable bonds is 9. The predicted octanol–water partition coefficient (Wildman–Crippen LogP) is 4.28. The van der Waals surface area contributed by atoms with Gasteiger partial charge in [-0.2, -0.15) is 0 Å². The molecule has 0 atom stereocenters. The molecule has 0 aliphatic carbocycles. The fourth-order valence-corrected chi connectivity index (χ4v) is 4.80. The lowest BCUT2D eigenvalue weighted by Crippen LogP contribution is -2.37. The van der Waals surface area contributed by atoms with Crippen molar-refractivity contribution in [3.63, 3.8) is 0 Å². The zero-order chi connectivity index (χ0) is 27.1. The number of nitrogens with zero attached hydrogens (tertiary/aromatic N) is 3. The zero-order valence-electron chi connectivity index (χ0n) is 21.9. The van der Waals surface area contributed by atoms with E-state index >= 15 is 0 Å². The van der Waals surface area contributed by atoms with Crippen molar-refractivity contribution in [1.29, 1.82) is 0 Å². The van der Waals surface area contributed by atoms with Gasteiger partial charge in [0.2, 0.25) is 5.91 Å². The minimum absolute atomic E-state index is 0.231. The third kappa shape index (κ3) is 6.29. The summed E-state index contributed by atoms with van der Waals surface area (Å²) in [6.45, 7) is 3.96. The molecule has 198 valence electrons. The third-order valence-corrected chi connectivity index (χ3v) is 6.93. The molecule has 9 heteroatoms. The Labute approximate surface area is 223 Å². The van der Waals surface area contributed by atoms with E-state index in [0.717, 1.165) is 42.7 Å². The van der Waals surface area contributed by atoms with Crippen LogP contribution in [0.3, 0.4) is 0 Å². The van der Waals surface area contributed by atoms with Gasteiger partial charge in [-0.15, -0.1) is 0 Å². The van der Waals surface area contributed by atoms with Crippen LogP contribution in [0.1, 0.15) is 59.2 Å². The SMILES string of the molecule is CCC(=O)N1CCC(c2ccc(Nc3cc(NCc4cccc(N)c4C=NC)c(C(N)=O)cn3)cc2)CC1. The Balaban J connectivity index is 1.45. The quantitative estimate of drug-likeness (QED) is 0.249. The minimum atomic E-state index is -0.564. The summed E-state index contributed by atoms with van der Waals surface area (Å²) in [7, 11) is 1.69. The second-order valence-corrected chi connectivity index (χ2v) is 9.40. The molecule has 0 radical (unpaired) electrons. The van der Waals surface area contributed by atoms with Crippen LogP contribution in [0.5, 0.6) is 0 Å². The zero-order valence-corrected chi connectivity index (χ0v) is 21.9. The number of piperidine rings is 1. The lowest BCUT2D eigenvalue weighted by Gasteiger charge is -2.32. The van der Waals surface area contributed by atoms with E-state index in [2.05, 4.69) is 32.7 Å². The number of benzene rings is 2. The number of hydrogen-bond acceptors (Lipinski definition) is 7. The molecule has 2 heterocycles. The summed E-state index contributed by atoms with van der Waals surface area (Å²) in [5.41, 5.74) is 17.2. The molecule has 2 amide bonds. The smallest absolute Gasteiger partial charge is 0.252 e. The largest absolute Gasteiger partial charge is 0.398 e. The lowest BCUT2D eigenvalue weighted by atomic mass is 9.89. The number of nitrogen functional groups attached to an aromatic ring is 1. The Bertz CT molecular complexity index is 1310. The van der Waals surface area contributed by atoms with Crippen molar-refractivity contribution in [1.82, 2.24) is 9.88 Å². The van der Waals surface area contributed by atoms with E-state index in [1.165, 1.54) is 11.8 Å². The Morgan fingerprint density at radius 3 is 2.55 bits per heavy atom. The minimum Gasteiger partial charge on any atom is -0.398 e. The highest BCUT2D eigenvalue weighted by atomic mass is 16.2. The molecule has 2 aromatic carbocycles. The van der Waals surface area contributed by atoms with Crippen LogP contribution in [-0.4, -0.2) is 48.1 Å². The summed E-state index contributed by atoms with van der Waals surface area (Å²) in [5, 5.41) is 6.62. The average Bonchev–Trinajstić information content (AvgIpc) is 2.93. The van der Waals surface area contributed by atoms with E-state index in [9.17, 15) is 9.59 Å². The number of primary amides is 1. The summed E-state index contributed by atoms with van der Waals surface area (Å²) >= 11 is 0. The van der Waals surface area contributed by atoms with Crippen LogP contribution >= 0.6 is 0 Å². The van der Waals surface area contributed by atoms with Crippen LogP contribution in [0, 0.1) is 0 Å². The topological polar surface area (TPSA) is 139 Å². The van der Waals surface area contributed by atoms with Gasteiger partial charge in [-0.05, 0) is 48.1 Å². The number of nitrogens with one attached hydrogen (secondary N) is 2. The number of amides is 2. The van der Waals surface area contributed by atoms with Gasteiger partial charge >= 0.3 is 0 Å². The van der Waals surface area contributed by atoms with E-state index in [0.29, 0.717) is 41.6 Å². The summed E-state index contributed by atoms with van der Waals surface area (Å²) in [5.74, 6) is 0.698. The normalized spacial score (nSPS) is 14.0. The van der Waals surface area contributed by atoms with E-state index in [1.54, 1.807) is 19.3 Å². The molecule has 1 aliphatic rings. The number of likely N-dealkylation sites (tertiary alicyclic amines) is 1. The van der Waals surface area contributed by atoms with Crippen LogP contribution in [0.15, 0.2) is 59.7 Å². The van der Waals surface area contributed by atoms with Crippen molar-refractivity contribution in [3.8, 4) is 0 Å². The van der Waals surface area contributed by atoms with E-state index in [1.807, 2.05) is 42.2 Å². The van der Waals surface area contributed by atoms with Crippen LogP contribution < -0.4 is 22.1 Å². The maximum absolute atomic E-state index is 12.0. The molecular weight excluding hydrogens is 478 g/mol. The first-order chi connectivity index (χ1) is 18.4. The highest BCUT2D eigenvalue weighted by Gasteiger charge is 2.23. The van der Waals surface area contributed by atoms with E-state index in [-0.39, 0.29) is 5.91 Å². The second-order valence-electron chi connectivity index (χ2n) is 9.40. The summed E-state index contributed by atoms with van der Waals surface area (Å²) < 4.78 is 0. The standard InChI is InChI=1S/C29H35N7O2/c1-3-28(37)36-13-11-20(12-14-36)19-7-9-22(10-8-19)35-27-15-26(24(18-34-27)29(31)38)33-16-21-5-4-6-25(30)23(21)17-32-2/h4-10,15,17-18,20H,3,11-14,16,30H2,1-2H3,(H2,31,38)(H2,33,34,35). The molecule has 0 bridgehead atoms. The maximum Gasteiger partial charge on any atom is 0.252 e. The molecule has 4 rings (SSSR count). The van der Waals surface area contributed by atoms with E-state index < -0.39 is 5.91 Å². The third-order valence-electron chi connectivity index (χ3n) is 6.93. The molecule has 1 fully saturated rings. The first kappa shape index (κ1) is 26.7. The van der Waals surface area contributed by atoms with Crippen molar-refractivity contribution in [2.45, 2.75) is 38.6 Å². The van der Waals surface area contributed by atoms with Crippen molar-refractivity contribution in [3.05, 3.63) is 77.0 Å². The molecule has 9 nitrogen and oxygen atoms in total. The number of hydrogen-bond donors (Lipinski definition) is 4. The van der Waals surface area contributed by atoms with Crippen molar-refractivity contribution in [2.75, 3.05) is 36.5 Å². The van der Waals surface area contributed by atoms with Gasteiger partial charge in [0.1, 0.15) is 5.82 Å². The summed E-state index contributed by atoms with van der Waals surface area (Å²) in [6.07, 6.45) is 5.70. The highest BCUT2D eigenvalue weighted by Crippen LogP contribution is 2.30. The summed E-state index contributed by atoms with van der Waals surface area (Å²) in [6, 6.07) is 15.7. The number of carbonyl (C=O) groups is 2. The van der Waals surface area contributed by atoms with Gasteiger partial charge in [0.25, 0.3) is 5.91 Å².